The van der Waals surface area contributed by atoms with Crippen molar-refractivity contribution < 1.29 is 32.3 Å². The third kappa shape index (κ3) is 9.30. The van der Waals surface area contributed by atoms with E-state index in [0.29, 0.717) is 68.6 Å². The molecule has 3 amide bonds. The molecular weight excluding hydrogens is 727 g/mol. The number of halogens is 3. The van der Waals surface area contributed by atoms with Crippen LogP contribution in [-0.4, -0.2) is 96.5 Å². The fourth-order valence-corrected chi connectivity index (χ4v) is 7.32. The van der Waals surface area contributed by atoms with Crippen molar-refractivity contribution in [1.29, 1.82) is 0 Å². The van der Waals surface area contributed by atoms with E-state index in [-0.39, 0.29) is 29.5 Å². The van der Waals surface area contributed by atoms with Crippen molar-refractivity contribution in [2.45, 2.75) is 43.8 Å². The lowest BCUT2D eigenvalue weighted by molar-refractivity contribution is -0.137. The molecule has 4 aromatic rings. The number of rotatable bonds is 11. The van der Waals surface area contributed by atoms with Gasteiger partial charge in [-0.2, -0.15) is 18.2 Å². The van der Waals surface area contributed by atoms with Crippen LogP contribution >= 0.6 is 0 Å². The second-order valence-corrected chi connectivity index (χ2v) is 14.1. The Kier molecular flexibility index (Phi) is 11.5. The topological polar surface area (TPSA) is 144 Å². The Morgan fingerprint density at radius 1 is 0.893 bits per heavy atom. The Hall–Kier alpha value is -5.90. The maximum Gasteiger partial charge on any atom is 0.421 e. The van der Waals surface area contributed by atoms with Crippen LogP contribution in [0.15, 0.2) is 79.0 Å². The Morgan fingerprint density at radius 3 is 2.30 bits per heavy atom. The molecule has 3 aliphatic rings. The highest BCUT2D eigenvalue weighted by molar-refractivity contribution is 6.01. The number of ether oxygens (including phenoxy) is 1. The highest BCUT2D eigenvalue weighted by Crippen LogP contribution is 2.37. The van der Waals surface area contributed by atoms with Gasteiger partial charge >= 0.3 is 6.18 Å². The monoisotopic (exact) mass is 771 g/mol. The number of hydrogen-bond donors (Lipinski definition) is 4. The molecule has 4 N–H and O–H groups in total. The van der Waals surface area contributed by atoms with E-state index in [9.17, 15) is 27.6 Å². The van der Waals surface area contributed by atoms with Crippen LogP contribution in [0.25, 0.3) is 0 Å². The molecule has 56 heavy (non-hydrogen) atoms. The molecule has 1 aromatic heterocycles. The highest BCUT2D eigenvalue weighted by atomic mass is 19.4. The maximum atomic E-state index is 13.8. The van der Waals surface area contributed by atoms with E-state index >= 15 is 0 Å². The predicted molar refractivity (Wildman–Crippen MR) is 206 cm³/mol. The average molecular weight is 772 g/mol. The third-order valence-electron chi connectivity index (χ3n) is 10.5. The van der Waals surface area contributed by atoms with E-state index in [4.69, 9.17) is 4.74 Å². The standard InChI is InChI=1S/C40H44F3N9O4/c1-56-34-23-30(11-12-32(34)47-39-44-24-31(40(41,42)43)37(49-39)46-28-5-3-2-4-6-28)51-19-21-52(22-20-51)36(54)25-50-17-15-27(16-18-50)26-7-9-29(10-8-26)45-33-13-14-35(53)48-38(33)55/h2-12,23-24,27,33,45H,13-22,25H2,1H3,(H,48,53,55)(H2,44,46,47,49). The molecule has 0 spiro atoms. The first-order valence-corrected chi connectivity index (χ1v) is 18.7. The van der Waals surface area contributed by atoms with Gasteiger partial charge in [0.05, 0.1) is 19.3 Å². The molecule has 0 aliphatic carbocycles. The fraction of sp³-hybridized carbons (Fsp3) is 0.375. The van der Waals surface area contributed by atoms with Gasteiger partial charge in [0.25, 0.3) is 0 Å². The number of nitrogens with zero attached hydrogens (tertiary/aromatic N) is 5. The van der Waals surface area contributed by atoms with Gasteiger partial charge in [0.1, 0.15) is 23.2 Å². The molecule has 0 bridgehead atoms. The van der Waals surface area contributed by atoms with E-state index in [0.717, 1.165) is 43.5 Å². The van der Waals surface area contributed by atoms with E-state index in [2.05, 4.69) is 53.2 Å². The highest BCUT2D eigenvalue weighted by Gasteiger charge is 2.36. The summed E-state index contributed by atoms with van der Waals surface area (Å²) in [5.41, 5.74) is 2.92. The zero-order chi connectivity index (χ0) is 39.2. The van der Waals surface area contributed by atoms with E-state index in [1.54, 1.807) is 36.4 Å². The van der Waals surface area contributed by atoms with Crippen molar-refractivity contribution in [1.82, 2.24) is 25.1 Å². The van der Waals surface area contributed by atoms with Crippen molar-refractivity contribution in [2.24, 2.45) is 0 Å². The number of imide groups is 1. The molecule has 3 fully saturated rings. The van der Waals surface area contributed by atoms with Gasteiger partial charge in [-0.1, -0.05) is 30.3 Å². The zero-order valence-electron chi connectivity index (χ0n) is 30.9. The Labute approximate surface area is 322 Å². The van der Waals surface area contributed by atoms with Crippen LogP contribution in [0.3, 0.4) is 0 Å². The fourth-order valence-electron chi connectivity index (χ4n) is 7.32. The number of amides is 3. The van der Waals surface area contributed by atoms with Crippen LogP contribution in [0, 0.1) is 0 Å². The largest absolute Gasteiger partial charge is 0.494 e. The summed E-state index contributed by atoms with van der Waals surface area (Å²) >= 11 is 0. The predicted octanol–water partition coefficient (Wildman–Crippen LogP) is 5.74. The van der Waals surface area contributed by atoms with E-state index < -0.39 is 17.8 Å². The van der Waals surface area contributed by atoms with Gasteiger partial charge in [0.2, 0.25) is 23.7 Å². The first kappa shape index (κ1) is 38.4. The van der Waals surface area contributed by atoms with Crippen molar-refractivity contribution in [3.63, 3.8) is 0 Å². The van der Waals surface area contributed by atoms with Crippen LogP contribution in [0.1, 0.15) is 42.7 Å². The average Bonchev–Trinajstić information content (AvgIpc) is 3.20. The summed E-state index contributed by atoms with van der Waals surface area (Å²) < 4.78 is 46.9. The van der Waals surface area contributed by atoms with Crippen molar-refractivity contribution in [2.75, 3.05) is 73.8 Å². The van der Waals surface area contributed by atoms with Crippen LogP contribution < -0.4 is 30.9 Å². The number of benzene rings is 3. The van der Waals surface area contributed by atoms with Crippen LogP contribution in [0.4, 0.5) is 47.7 Å². The van der Waals surface area contributed by atoms with Gasteiger partial charge < -0.3 is 30.5 Å². The second-order valence-electron chi connectivity index (χ2n) is 14.1. The van der Waals surface area contributed by atoms with E-state index in [1.807, 2.05) is 29.2 Å². The Bertz CT molecular complexity index is 2020. The lowest BCUT2D eigenvalue weighted by atomic mass is 9.89. The van der Waals surface area contributed by atoms with Crippen molar-refractivity contribution >= 4 is 52.2 Å². The molecule has 4 heterocycles. The Morgan fingerprint density at radius 2 is 1.62 bits per heavy atom. The Balaban J connectivity index is 0.885. The second kappa shape index (κ2) is 16.9. The third-order valence-corrected chi connectivity index (χ3v) is 10.5. The van der Waals surface area contributed by atoms with Gasteiger partial charge in [0.15, 0.2) is 0 Å². The minimum Gasteiger partial charge on any atom is -0.494 e. The summed E-state index contributed by atoms with van der Waals surface area (Å²) in [6.45, 7) is 4.46. The normalized spacial score (nSPS) is 18.3. The van der Waals surface area contributed by atoms with Crippen LogP contribution in [0.5, 0.6) is 5.75 Å². The molecule has 3 aromatic carbocycles. The summed E-state index contributed by atoms with van der Waals surface area (Å²) in [7, 11) is 1.51. The number of piperidine rings is 2. The number of methoxy groups -OCH3 is 1. The first-order valence-electron chi connectivity index (χ1n) is 18.7. The summed E-state index contributed by atoms with van der Waals surface area (Å²) in [5, 5.41) is 11.3. The number of hydrogen-bond acceptors (Lipinski definition) is 11. The lowest BCUT2D eigenvalue weighted by Crippen LogP contribution is -2.51. The molecule has 7 rings (SSSR count). The molecule has 13 nitrogen and oxygen atoms in total. The number of nitrogens with one attached hydrogen (secondary N) is 4. The molecule has 1 unspecified atom stereocenters. The van der Waals surface area contributed by atoms with Crippen molar-refractivity contribution in [3.05, 3.63) is 90.1 Å². The minimum atomic E-state index is -4.65. The number of carbonyl (C=O) groups is 3. The molecular formula is C40H44F3N9O4. The zero-order valence-corrected chi connectivity index (χ0v) is 30.9. The van der Waals surface area contributed by atoms with Crippen molar-refractivity contribution in [3.8, 4) is 5.75 Å². The number of carbonyl (C=O) groups excluding carboxylic acids is 3. The molecule has 0 radical (unpaired) electrons. The summed E-state index contributed by atoms with van der Waals surface area (Å²) in [5.74, 6) is 0.0348. The molecule has 1 atom stereocenters. The number of alkyl halides is 3. The molecule has 3 saturated heterocycles. The molecule has 0 saturated carbocycles. The summed E-state index contributed by atoms with van der Waals surface area (Å²) in [6.07, 6.45) is -1.20. The summed E-state index contributed by atoms with van der Waals surface area (Å²) in [4.78, 5) is 51.2. The van der Waals surface area contributed by atoms with Gasteiger partial charge in [-0.15, -0.1) is 0 Å². The van der Waals surface area contributed by atoms with Crippen LogP contribution in [0.2, 0.25) is 0 Å². The first-order chi connectivity index (χ1) is 27.0. The lowest BCUT2D eigenvalue weighted by Gasteiger charge is -2.38. The quantitative estimate of drug-likeness (QED) is 0.139. The number of anilines is 6. The smallest absolute Gasteiger partial charge is 0.421 e. The maximum absolute atomic E-state index is 13.8. The molecule has 3 aliphatic heterocycles. The summed E-state index contributed by atoms with van der Waals surface area (Å²) in [6, 6.07) is 21.7. The number of aromatic nitrogens is 2. The van der Waals surface area contributed by atoms with Crippen LogP contribution in [-0.2, 0) is 20.6 Å². The SMILES string of the molecule is COc1cc(N2CCN(C(=O)CN3CCC(c4ccc(NC5CCC(=O)NC5=O)cc4)CC3)CC2)ccc1Nc1ncc(C(F)(F)F)c(Nc2ccccc2)n1. The minimum absolute atomic E-state index is 0.0333. The number of likely N-dealkylation sites (tertiary alicyclic amines) is 1. The van der Waals surface area contributed by atoms with Gasteiger partial charge in [-0.05, 0) is 80.2 Å². The van der Waals surface area contributed by atoms with Gasteiger partial charge in [-0.25, -0.2) is 4.98 Å². The van der Waals surface area contributed by atoms with Gasteiger partial charge in [0, 0.05) is 61.9 Å². The molecule has 16 heteroatoms. The van der Waals surface area contributed by atoms with E-state index in [1.165, 1.54) is 12.7 Å². The number of para-hydroxylation sites is 1. The number of piperazine rings is 1. The van der Waals surface area contributed by atoms with Gasteiger partial charge in [-0.3, -0.25) is 24.6 Å². The molecule has 294 valence electrons.